The minimum absolute atomic E-state index is 0.0171. The number of nitrogens with zero attached hydrogens (tertiary/aromatic N) is 3. The summed E-state index contributed by atoms with van der Waals surface area (Å²) in [5, 5.41) is 2.75. The number of nitrogen functional groups attached to an aromatic ring is 1. The molecule has 2 rings (SSSR count). The Hall–Kier alpha value is -3.44. The van der Waals surface area contributed by atoms with Crippen LogP contribution in [0.1, 0.15) is 18.9 Å². The van der Waals surface area contributed by atoms with Crippen LogP contribution in [0.5, 0.6) is 0 Å². The van der Waals surface area contributed by atoms with Crippen LogP contribution in [0.2, 0.25) is 0 Å². The van der Waals surface area contributed by atoms with Gasteiger partial charge in [-0.3, -0.25) is 28.8 Å². The van der Waals surface area contributed by atoms with Crippen LogP contribution in [-0.4, -0.2) is 73.2 Å². The number of hydrogen-bond donors (Lipinski definition) is 3. The van der Waals surface area contributed by atoms with E-state index in [1.54, 1.807) is 7.05 Å². The van der Waals surface area contributed by atoms with Crippen molar-refractivity contribution in [3.8, 4) is 0 Å². The van der Waals surface area contributed by atoms with E-state index in [4.69, 9.17) is 10.5 Å². The normalized spacial score (nSPS) is 10.9. The number of benzene rings is 1. The largest absolute Gasteiger partial charge is 0.383 e. The smallest absolute Gasteiger partial charge is 0.330 e. The highest BCUT2D eigenvalue weighted by molar-refractivity contribution is 5.97. The van der Waals surface area contributed by atoms with Gasteiger partial charge in [0.2, 0.25) is 11.8 Å². The number of methoxy groups -OCH3 is 1. The molecule has 2 aromatic rings. The zero-order valence-electron chi connectivity index (χ0n) is 19.3. The van der Waals surface area contributed by atoms with E-state index < -0.39 is 17.2 Å². The summed E-state index contributed by atoms with van der Waals surface area (Å²) in [4.78, 5) is 55.2. The van der Waals surface area contributed by atoms with Gasteiger partial charge in [-0.15, -0.1) is 0 Å². The Kier molecular flexibility index (Phi) is 9.83. The van der Waals surface area contributed by atoms with Crippen LogP contribution in [-0.2, 0) is 20.9 Å². The maximum Gasteiger partial charge on any atom is 0.330 e. The first kappa shape index (κ1) is 25.8. The number of aromatic amines is 1. The van der Waals surface area contributed by atoms with Crippen LogP contribution in [0.25, 0.3) is 0 Å². The van der Waals surface area contributed by atoms with Gasteiger partial charge in [0.15, 0.2) is 5.69 Å². The fourth-order valence-electron chi connectivity index (χ4n) is 3.24. The van der Waals surface area contributed by atoms with E-state index >= 15 is 0 Å². The summed E-state index contributed by atoms with van der Waals surface area (Å²) >= 11 is 0. The third kappa shape index (κ3) is 7.29. The maximum absolute atomic E-state index is 13.1. The van der Waals surface area contributed by atoms with Gasteiger partial charge in [-0.2, -0.15) is 0 Å². The molecule has 0 aliphatic rings. The Balaban J connectivity index is 2.33. The second-order valence-electron chi connectivity index (χ2n) is 7.63. The van der Waals surface area contributed by atoms with E-state index in [1.807, 2.05) is 37.3 Å². The number of hydrogen-bond acceptors (Lipinski definition) is 7. The second kappa shape index (κ2) is 12.6. The molecular formula is C22H32N6O5. The topological polar surface area (TPSA) is 143 Å². The zero-order chi connectivity index (χ0) is 24.4. The molecule has 1 aromatic carbocycles. The molecule has 180 valence electrons. The lowest BCUT2D eigenvalue weighted by molar-refractivity contribution is -0.123. The fraction of sp³-hybridized carbons (Fsp3) is 0.455. The van der Waals surface area contributed by atoms with Crippen molar-refractivity contribution in [2.24, 2.45) is 0 Å². The van der Waals surface area contributed by atoms with Crippen molar-refractivity contribution in [3.63, 3.8) is 0 Å². The first-order chi connectivity index (χ1) is 15.8. The maximum atomic E-state index is 13.1. The van der Waals surface area contributed by atoms with E-state index in [0.717, 1.165) is 12.0 Å². The number of ether oxygens (including phenoxy) is 1. The molecule has 0 saturated carbocycles. The molecule has 0 aliphatic carbocycles. The van der Waals surface area contributed by atoms with Gasteiger partial charge in [-0.05, 0) is 19.0 Å². The van der Waals surface area contributed by atoms with Crippen LogP contribution in [0.15, 0.2) is 39.9 Å². The number of carbonyl (C=O) groups excluding carboxylic acids is 2. The molecule has 33 heavy (non-hydrogen) atoms. The minimum Gasteiger partial charge on any atom is -0.383 e. The van der Waals surface area contributed by atoms with E-state index in [-0.39, 0.29) is 50.2 Å². The predicted molar refractivity (Wildman–Crippen MR) is 126 cm³/mol. The number of nitrogens with one attached hydrogen (secondary N) is 2. The molecule has 0 fully saturated rings. The standard InChI is InChI=1S/C22H32N6O5/c1-4-10-24-17(29)14-26(2)15-18(30)27(11-12-33-3)19-20(23)28(22(32)25-21(19)31)13-16-8-6-5-7-9-16/h5-9H,4,10-15,23H2,1-3H3,(H,24,29)(H,25,31,32). The molecule has 0 spiro atoms. The van der Waals surface area contributed by atoms with Crippen LogP contribution < -0.4 is 27.2 Å². The number of amides is 2. The molecule has 1 heterocycles. The Morgan fingerprint density at radius 1 is 1.18 bits per heavy atom. The highest BCUT2D eigenvalue weighted by Gasteiger charge is 2.25. The first-order valence-corrected chi connectivity index (χ1v) is 10.7. The average Bonchev–Trinajstić information content (AvgIpc) is 2.77. The van der Waals surface area contributed by atoms with Gasteiger partial charge in [0, 0.05) is 20.2 Å². The Morgan fingerprint density at radius 3 is 2.52 bits per heavy atom. The number of rotatable bonds is 12. The van der Waals surface area contributed by atoms with Crippen molar-refractivity contribution < 1.29 is 14.3 Å². The molecule has 11 heteroatoms. The van der Waals surface area contributed by atoms with Gasteiger partial charge in [0.1, 0.15) is 5.82 Å². The average molecular weight is 461 g/mol. The zero-order valence-corrected chi connectivity index (χ0v) is 19.3. The number of likely N-dealkylation sites (N-methyl/N-ethyl adjacent to an activating group) is 1. The molecule has 2 amide bonds. The third-order valence-electron chi connectivity index (χ3n) is 4.88. The van der Waals surface area contributed by atoms with Crippen molar-refractivity contribution >= 4 is 23.3 Å². The lowest BCUT2D eigenvalue weighted by atomic mass is 10.2. The molecule has 0 bridgehead atoms. The Bertz CT molecular complexity index is 1050. The van der Waals surface area contributed by atoms with E-state index in [9.17, 15) is 19.2 Å². The van der Waals surface area contributed by atoms with Gasteiger partial charge >= 0.3 is 5.69 Å². The van der Waals surface area contributed by atoms with Crippen LogP contribution in [0.4, 0.5) is 11.5 Å². The second-order valence-corrected chi connectivity index (χ2v) is 7.63. The summed E-state index contributed by atoms with van der Waals surface area (Å²) in [6, 6.07) is 9.14. The summed E-state index contributed by atoms with van der Waals surface area (Å²) in [7, 11) is 3.10. The van der Waals surface area contributed by atoms with Gasteiger partial charge in [0.25, 0.3) is 5.56 Å². The molecule has 0 aliphatic heterocycles. The quantitative estimate of drug-likeness (QED) is 0.391. The van der Waals surface area contributed by atoms with Crippen molar-refractivity contribution in [3.05, 3.63) is 56.7 Å². The van der Waals surface area contributed by atoms with Gasteiger partial charge in [-0.25, -0.2) is 4.79 Å². The lowest BCUT2D eigenvalue weighted by Gasteiger charge is -2.26. The number of anilines is 2. The SMILES string of the molecule is CCCNC(=O)CN(C)CC(=O)N(CCOC)c1c(N)n(Cc2ccccc2)c(=O)[nH]c1=O. The summed E-state index contributed by atoms with van der Waals surface area (Å²) in [5.74, 6) is -0.787. The van der Waals surface area contributed by atoms with E-state index in [2.05, 4.69) is 10.3 Å². The number of H-pyrrole nitrogens is 1. The molecule has 0 radical (unpaired) electrons. The molecule has 1 aromatic heterocycles. The third-order valence-corrected chi connectivity index (χ3v) is 4.88. The highest BCUT2D eigenvalue weighted by Crippen LogP contribution is 2.18. The molecule has 0 unspecified atom stereocenters. The highest BCUT2D eigenvalue weighted by atomic mass is 16.5. The lowest BCUT2D eigenvalue weighted by Crippen LogP contribution is -2.47. The van der Waals surface area contributed by atoms with Crippen molar-refractivity contribution in [2.75, 3.05) is 57.6 Å². The Labute approximate surface area is 192 Å². The summed E-state index contributed by atoms with van der Waals surface area (Å²) in [5.41, 5.74) is 5.47. The number of carbonyl (C=O) groups is 2. The first-order valence-electron chi connectivity index (χ1n) is 10.7. The monoisotopic (exact) mass is 460 g/mol. The van der Waals surface area contributed by atoms with Gasteiger partial charge in [0.05, 0.1) is 26.2 Å². The van der Waals surface area contributed by atoms with E-state index in [1.165, 1.54) is 21.5 Å². The Morgan fingerprint density at radius 2 is 1.88 bits per heavy atom. The molecule has 0 saturated heterocycles. The summed E-state index contributed by atoms with van der Waals surface area (Å²) in [6.45, 7) is 2.68. The van der Waals surface area contributed by atoms with Crippen molar-refractivity contribution in [1.29, 1.82) is 0 Å². The molecule has 0 atom stereocenters. The van der Waals surface area contributed by atoms with Crippen molar-refractivity contribution in [2.45, 2.75) is 19.9 Å². The van der Waals surface area contributed by atoms with Crippen LogP contribution in [0, 0.1) is 0 Å². The number of nitrogens with two attached hydrogens (primary N) is 1. The summed E-state index contributed by atoms with van der Waals surface area (Å²) in [6.07, 6.45) is 0.805. The fourth-order valence-corrected chi connectivity index (χ4v) is 3.24. The van der Waals surface area contributed by atoms with E-state index in [0.29, 0.717) is 6.54 Å². The number of aromatic nitrogens is 2. The molecule has 4 N–H and O–H groups in total. The molecule has 11 nitrogen and oxygen atoms in total. The van der Waals surface area contributed by atoms with Crippen LogP contribution >= 0.6 is 0 Å². The van der Waals surface area contributed by atoms with Crippen molar-refractivity contribution in [1.82, 2.24) is 19.8 Å². The van der Waals surface area contributed by atoms with Crippen LogP contribution in [0.3, 0.4) is 0 Å². The minimum atomic E-state index is -0.769. The van der Waals surface area contributed by atoms with Gasteiger partial charge < -0.3 is 20.7 Å². The molecular weight excluding hydrogens is 428 g/mol. The predicted octanol–water partition coefficient (Wildman–Crippen LogP) is -0.395. The summed E-state index contributed by atoms with van der Waals surface area (Å²) < 4.78 is 6.30. The van der Waals surface area contributed by atoms with Gasteiger partial charge in [-0.1, -0.05) is 37.3 Å².